The Bertz CT molecular complexity index is 484. The lowest BCUT2D eigenvalue weighted by atomic mass is 10.2. The van der Waals surface area contributed by atoms with E-state index in [1.165, 1.54) is 17.2 Å². The van der Waals surface area contributed by atoms with Gasteiger partial charge in [-0.05, 0) is 32.9 Å². The largest absolute Gasteiger partial charge is 0.465 e. The molecule has 7 heteroatoms. The van der Waals surface area contributed by atoms with E-state index in [2.05, 4.69) is 5.32 Å². The zero-order valence-corrected chi connectivity index (χ0v) is 12.4. The van der Waals surface area contributed by atoms with Crippen LogP contribution in [-0.2, 0) is 14.3 Å². The third kappa shape index (κ3) is 4.94. The molecule has 7 nitrogen and oxygen atoms in total. The Balaban J connectivity index is 2.58. The number of nitrogens with one attached hydrogen (secondary N) is 1. The third-order valence-electron chi connectivity index (χ3n) is 2.78. The lowest BCUT2D eigenvalue weighted by Crippen LogP contribution is -2.48. The van der Waals surface area contributed by atoms with Crippen molar-refractivity contribution in [1.82, 2.24) is 10.2 Å². The molecule has 0 aromatic carbocycles. The van der Waals surface area contributed by atoms with Crippen LogP contribution in [0.1, 0.15) is 31.3 Å². The highest BCUT2D eigenvalue weighted by Gasteiger charge is 2.24. The van der Waals surface area contributed by atoms with E-state index >= 15 is 0 Å². The van der Waals surface area contributed by atoms with Gasteiger partial charge >= 0.3 is 5.97 Å². The van der Waals surface area contributed by atoms with Gasteiger partial charge in [0.25, 0.3) is 5.91 Å². The van der Waals surface area contributed by atoms with Crippen LogP contribution in [0.25, 0.3) is 0 Å². The van der Waals surface area contributed by atoms with Crippen molar-refractivity contribution in [1.29, 1.82) is 0 Å². The fourth-order valence-corrected chi connectivity index (χ4v) is 1.72. The van der Waals surface area contributed by atoms with Gasteiger partial charge in [0.15, 0.2) is 5.76 Å². The van der Waals surface area contributed by atoms with Crippen LogP contribution in [0.15, 0.2) is 22.8 Å². The second-order valence-corrected chi connectivity index (χ2v) is 4.33. The van der Waals surface area contributed by atoms with Gasteiger partial charge in [0.1, 0.15) is 12.6 Å². The first-order valence-electron chi connectivity index (χ1n) is 6.78. The van der Waals surface area contributed by atoms with E-state index in [0.717, 1.165) is 0 Å². The monoisotopic (exact) mass is 296 g/mol. The number of amides is 2. The fraction of sp³-hybridized carbons (Fsp3) is 0.500. The van der Waals surface area contributed by atoms with E-state index in [9.17, 15) is 14.4 Å². The van der Waals surface area contributed by atoms with Crippen LogP contribution in [-0.4, -0.2) is 48.4 Å². The van der Waals surface area contributed by atoms with Gasteiger partial charge in [-0.15, -0.1) is 0 Å². The molecule has 1 aromatic rings. The van der Waals surface area contributed by atoms with Crippen molar-refractivity contribution < 1.29 is 23.5 Å². The van der Waals surface area contributed by atoms with Crippen LogP contribution in [0, 0.1) is 0 Å². The molecular formula is C14H20N2O5. The molecule has 1 heterocycles. The van der Waals surface area contributed by atoms with Gasteiger partial charge in [-0.1, -0.05) is 0 Å². The fourth-order valence-electron chi connectivity index (χ4n) is 1.72. The number of hydrogen-bond donors (Lipinski definition) is 1. The Labute approximate surface area is 123 Å². The lowest BCUT2D eigenvalue weighted by molar-refractivity contribution is -0.149. The summed E-state index contributed by atoms with van der Waals surface area (Å²) < 4.78 is 9.76. The second-order valence-electron chi connectivity index (χ2n) is 4.33. The van der Waals surface area contributed by atoms with E-state index in [0.29, 0.717) is 6.54 Å². The van der Waals surface area contributed by atoms with Crippen LogP contribution in [0.3, 0.4) is 0 Å². The predicted octanol–water partition coefficient (Wildman–Crippen LogP) is 0.810. The SMILES string of the molecule is CCOC(=O)CN(CC)C(=O)C(C)NC(=O)c1ccco1. The maximum absolute atomic E-state index is 12.2. The number of furan rings is 1. The molecule has 0 fully saturated rings. The van der Waals surface area contributed by atoms with Crippen molar-refractivity contribution in [2.75, 3.05) is 19.7 Å². The molecule has 1 rings (SSSR count). The van der Waals surface area contributed by atoms with Gasteiger partial charge in [0.05, 0.1) is 12.9 Å². The molecule has 0 aliphatic carbocycles. The number of carbonyl (C=O) groups is 3. The van der Waals surface area contributed by atoms with Crippen LogP contribution >= 0.6 is 0 Å². The van der Waals surface area contributed by atoms with Crippen molar-refractivity contribution in [2.45, 2.75) is 26.8 Å². The lowest BCUT2D eigenvalue weighted by Gasteiger charge is -2.23. The van der Waals surface area contributed by atoms with Gasteiger partial charge in [-0.3, -0.25) is 14.4 Å². The van der Waals surface area contributed by atoms with E-state index in [-0.39, 0.29) is 24.8 Å². The minimum atomic E-state index is -0.767. The minimum absolute atomic E-state index is 0.128. The molecule has 21 heavy (non-hydrogen) atoms. The highest BCUT2D eigenvalue weighted by atomic mass is 16.5. The quantitative estimate of drug-likeness (QED) is 0.752. The van der Waals surface area contributed by atoms with Gasteiger partial charge in [0.2, 0.25) is 5.91 Å². The molecule has 1 atom stereocenters. The molecule has 1 unspecified atom stereocenters. The zero-order valence-electron chi connectivity index (χ0n) is 12.4. The molecule has 0 saturated carbocycles. The number of ether oxygens (including phenoxy) is 1. The van der Waals surface area contributed by atoms with Gasteiger partial charge in [-0.2, -0.15) is 0 Å². The summed E-state index contributed by atoms with van der Waals surface area (Å²) in [6, 6.07) is 2.32. The van der Waals surface area contributed by atoms with Crippen LogP contribution in [0.4, 0.5) is 0 Å². The molecule has 0 bridgehead atoms. The predicted molar refractivity (Wildman–Crippen MR) is 74.5 cm³/mol. The standard InChI is InChI=1S/C14H20N2O5/c1-4-16(9-12(17)20-5-2)14(19)10(3)15-13(18)11-7-6-8-21-11/h6-8,10H,4-5,9H2,1-3H3,(H,15,18). The summed E-state index contributed by atoms with van der Waals surface area (Å²) in [6.45, 7) is 5.47. The Hall–Kier alpha value is -2.31. The first-order valence-corrected chi connectivity index (χ1v) is 6.78. The summed E-state index contributed by atoms with van der Waals surface area (Å²) in [6.07, 6.45) is 1.38. The average Bonchev–Trinajstić information content (AvgIpc) is 2.98. The minimum Gasteiger partial charge on any atom is -0.465 e. The summed E-state index contributed by atoms with van der Waals surface area (Å²) in [5.74, 6) is -1.18. The molecule has 2 amide bonds. The molecule has 0 saturated heterocycles. The maximum atomic E-state index is 12.2. The number of esters is 1. The molecular weight excluding hydrogens is 276 g/mol. The highest BCUT2D eigenvalue weighted by Crippen LogP contribution is 2.02. The number of rotatable bonds is 7. The Morgan fingerprint density at radius 2 is 2.10 bits per heavy atom. The number of likely N-dealkylation sites (N-methyl/N-ethyl adjacent to an activating group) is 1. The van der Waals surface area contributed by atoms with Crippen LogP contribution < -0.4 is 5.32 Å². The average molecular weight is 296 g/mol. The summed E-state index contributed by atoms with van der Waals surface area (Å²) in [4.78, 5) is 36.7. The molecule has 0 aliphatic heterocycles. The zero-order chi connectivity index (χ0) is 15.8. The van der Waals surface area contributed by atoms with Gasteiger partial charge < -0.3 is 19.4 Å². The number of hydrogen-bond acceptors (Lipinski definition) is 5. The topological polar surface area (TPSA) is 88.9 Å². The van der Waals surface area contributed by atoms with Crippen molar-refractivity contribution in [3.8, 4) is 0 Å². The third-order valence-corrected chi connectivity index (χ3v) is 2.78. The molecule has 0 aliphatic rings. The summed E-state index contributed by atoms with van der Waals surface area (Å²) >= 11 is 0. The van der Waals surface area contributed by atoms with E-state index in [1.54, 1.807) is 26.8 Å². The molecule has 0 radical (unpaired) electrons. The van der Waals surface area contributed by atoms with Crippen molar-refractivity contribution in [3.05, 3.63) is 24.2 Å². The van der Waals surface area contributed by atoms with E-state index in [1.807, 2.05) is 0 Å². The highest BCUT2D eigenvalue weighted by molar-refractivity contribution is 5.95. The summed E-state index contributed by atoms with van der Waals surface area (Å²) in [5.41, 5.74) is 0. The normalized spacial score (nSPS) is 11.6. The van der Waals surface area contributed by atoms with E-state index in [4.69, 9.17) is 9.15 Å². The number of carbonyl (C=O) groups excluding carboxylic acids is 3. The Morgan fingerprint density at radius 1 is 1.38 bits per heavy atom. The van der Waals surface area contributed by atoms with Crippen LogP contribution in [0.5, 0.6) is 0 Å². The Morgan fingerprint density at radius 3 is 2.62 bits per heavy atom. The Kier molecular flexibility index (Phi) is 6.45. The molecule has 1 aromatic heterocycles. The molecule has 0 spiro atoms. The van der Waals surface area contributed by atoms with Crippen molar-refractivity contribution in [2.24, 2.45) is 0 Å². The smallest absolute Gasteiger partial charge is 0.325 e. The van der Waals surface area contributed by atoms with Crippen molar-refractivity contribution >= 4 is 17.8 Å². The summed E-state index contributed by atoms with van der Waals surface area (Å²) in [7, 11) is 0. The van der Waals surface area contributed by atoms with Crippen molar-refractivity contribution in [3.63, 3.8) is 0 Å². The van der Waals surface area contributed by atoms with Gasteiger partial charge in [0, 0.05) is 6.54 Å². The molecule has 116 valence electrons. The second kappa shape index (κ2) is 8.08. The maximum Gasteiger partial charge on any atom is 0.325 e. The summed E-state index contributed by atoms with van der Waals surface area (Å²) in [5, 5.41) is 2.53. The first kappa shape index (κ1) is 16.7. The first-order chi connectivity index (χ1) is 9.99. The number of nitrogens with zero attached hydrogens (tertiary/aromatic N) is 1. The van der Waals surface area contributed by atoms with Crippen LogP contribution in [0.2, 0.25) is 0 Å². The van der Waals surface area contributed by atoms with E-state index < -0.39 is 17.9 Å². The van der Waals surface area contributed by atoms with Gasteiger partial charge in [-0.25, -0.2) is 0 Å². The molecule has 1 N–H and O–H groups in total.